The lowest BCUT2D eigenvalue weighted by molar-refractivity contribution is 0.0854. The summed E-state index contributed by atoms with van der Waals surface area (Å²) in [6.07, 6.45) is 0. The van der Waals surface area contributed by atoms with Gasteiger partial charge in [0, 0.05) is 50.0 Å². The van der Waals surface area contributed by atoms with Gasteiger partial charge in [-0.15, -0.1) is 0 Å². The second kappa shape index (κ2) is 22.4. The predicted molar refractivity (Wildman–Crippen MR) is 285 cm³/mol. The van der Waals surface area contributed by atoms with E-state index >= 15 is 0 Å². The molecule has 0 unspecified atom stereocenters. The molecule has 0 N–H and O–H groups in total. The fourth-order valence-corrected chi connectivity index (χ4v) is 19.5. The lowest BCUT2D eigenvalue weighted by Gasteiger charge is -2.32. The van der Waals surface area contributed by atoms with E-state index < -0.39 is 33.5 Å². The van der Waals surface area contributed by atoms with Crippen molar-refractivity contribution in [1.29, 1.82) is 0 Å². The predicted octanol–water partition coefficient (Wildman–Crippen LogP) is 9.69. The lowest BCUT2D eigenvalue weighted by Crippen LogP contribution is -2.57. The van der Waals surface area contributed by atoms with Crippen molar-refractivity contribution in [3.05, 3.63) is 182 Å². The van der Waals surface area contributed by atoms with E-state index in [0.717, 1.165) is 31.9 Å². The summed E-state index contributed by atoms with van der Waals surface area (Å²) in [5.74, 6) is 0. The van der Waals surface area contributed by atoms with Crippen molar-refractivity contribution in [2.24, 2.45) is 0 Å². The molecule has 338 valence electrons. The zero-order valence-electron chi connectivity index (χ0n) is 38.9. The molecule has 0 atom stereocenters. The van der Waals surface area contributed by atoms with Crippen LogP contribution in [-0.2, 0) is 26.6 Å². The van der Waals surface area contributed by atoms with Crippen LogP contribution in [0.25, 0.3) is 32.7 Å². The highest BCUT2D eigenvalue weighted by Gasteiger charge is 2.46. The third-order valence-corrected chi connectivity index (χ3v) is 22.7. The summed E-state index contributed by atoms with van der Waals surface area (Å²) >= 11 is 0. The minimum atomic E-state index is -3.42. The monoisotopic (exact) mass is 946 g/mol. The summed E-state index contributed by atoms with van der Waals surface area (Å²) < 4.78 is 40.2. The van der Waals surface area contributed by atoms with Crippen molar-refractivity contribution in [3.8, 4) is 11.1 Å². The Bertz CT molecular complexity index is 2510. The van der Waals surface area contributed by atoms with Crippen molar-refractivity contribution >= 4 is 97.2 Å². The largest absolute Gasteiger partial charge is 0.537 e. The summed E-state index contributed by atoms with van der Waals surface area (Å²) in [4.78, 5) is 0. The van der Waals surface area contributed by atoms with Gasteiger partial charge in [0.15, 0.2) is 0 Å². The Morgan fingerprint density at radius 2 is 0.561 bits per heavy atom. The molecule has 0 saturated carbocycles. The molecule has 0 heterocycles. The maximum atomic E-state index is 6.70. The zero-order valence-corrected chi connectivity index (χ0v) is 42.7. The molecule has 66 heavy (non-hydrogen) atoms. The topological polar surface area (TPSA) is 55.4 Å². The second-order valence-electron chi connectivity index (χ2n) is 15.4. The van der Waals surface area contributed by atoms with E-state index in [0.29, 0.717) is 39.6 Å². The minimum absolute atomic E-state index is 0.459. The molecule has 10 heteroatoms. The van der Waals surface area contributed by atoms with Crippen molar-refractivity contribution < 1.29 is 26.6 Å². The number of fused-ring (bicyclic) bond motifs is 2. The number of hydrogen-bond acceptors (Lipinski definition) is 6. The molecule has 0 fully saturated rings. The normalized spacial score (nSPS) is 12.2. The van der Waals surface area contributed by atoms with Crippen LogP contribution in [0.4, 0.5) is 0 Å². The summed E-state index contributed by atoms with van der Waals surface area (Å²) in [5.41, 5.74) is 2.35. The third-order valence-electron chi connectivity index (χ3n) is 11.5. The first kappa shape index (κ1) is 47.8. The highest BCUT2D eigenvalue weighted by molar-refractivity contribution is 7.80. The van der Waals surface area contributed by atoms with E-state index in [1.54, 1.807) is 0 Å². The van der Waals surface area contributed by atoms with Crippen LogP contribution >= 0.6 is 15.8 Å². The first-order valence-electron chi connectivity index (χ1n) is 23.2. The van der Waals surface area contributed by atoms with Gasteiger partial charge in [0.2, 0.25) is 0 Å². The Morgan fingerprint density at radius 1 is 0.288 bits per heavy atom. The van der Waals surface area contributed by atoms with Gasteiger partial charge in [-0.2, -0.15) is 0 Å². The van der Waals surface area contributed by atoms with Gasteiger partial charge in [-0.05, 0) is 122 Å². The Hall–Kier alpha value is -4.67. The fourth-order valence-electron chi connectivity index (χ4n) is 9.14. The summed E-state index contributed by atoms with van der Waals surface area (Å²) in [6.45, 7) is 14.9. The molecule has 0 aliphatic heterocycles. The Labute approximate surface area is 396 Å². The van der Waals surface area contributed by atoms with Gasteiger partial charge in [0.25, 0.3) is 0 Å². The van der Waals surface area contributed by atoms with E-state index in [-0.39, 0.29) is 0 Å². The first-order valence-corrected chi connectivity index (χ1v) is 29.4. The average Bonchev–Trinajstić information content (AvgIpc) is 3.35. The molecule has 6 nitrogen and oxygen atoms in total. The summed E-state index contributed by atoms with van der Waals surface area (Å²) in [6, 6.07) is 66.7. The molecule has 0 spiro atoms. The van der Waals surface area contributed by atoms with E-state index in [9.17, 15) is 0 Å². The number of hydrogen-bond donors (Lipinski definition) is 0. The second-order valence-corrected chi connectivity index (χ2v) is 24.8. The Kier molecular flexibility index (Phi) is 16.2. The molecule has 0 radical (unpaired) electrons. The lowest BCUT2D eigenvalue weighted by atomic mass is 9.93. The van der Waals surface area contributed by atoms with Crippen molar-refractivity contribution in [2.45, 2.75) is 41.5 Å². The Balaban J connectivity index is 1.62. The van der Waals surface area contributed by atoms with E-state index in [2.05, 4.69) is 182 Å². The quantitative estimate of drug-likeness (QED) is 0.0529. The number of benzene rings is 8. The van der Waals surface area contributed by atoms with Gasteiger partial charge in [-0.1, -0.05) is 182 Å². The van der Waals surface area contributed by atoms with Crippen molar-refractivity contribution in [1.82, 2.24) is 0 Å². The van der Waals surface area contributed by atoms with Crippen LogP contribution in [0.1, 0.15) is 41.5 Å². The van der Waals surface area contributed by atoms with Crippen LogP contribution in [0.5, 0.6) is 0 Å². The zero-order chi connectivity index (χ0) is 45.9. The SMILES string of the molecule is CCO[Si](OCC)(OCC)c1cccc2c(-c3c(P(c4ccccc4)c4ccccc4)ccc4c([Si](OCC)(OCC)OCC)cccc34)c(P(c3ccccc3)c3ccccc3)ccc12. The van der Waals surface area contributed by atoms with Crippen LogP contribution < -0.4 is 42.2 Å². The van der Waals surface area contributed by atoms with E-state index in [1.165, 1.54) is 43.0 Å². The average molecular weight is 947 g/mol. The van der Waals surface area contributed by atoms with E-state index in [4.69, 9.17) is 26.6 Å². The van der Waals surface area contributed by atoms with E-state index in [1.807, 2.05) is 41.5 Å². The molecular weight excluding hydrogens is 887 g/mol. The van der Waals surface area contributed by atoms with Gasteiger partial charge in [-0.3, -0.25) is 0 Å². The number of rotatable bonds is 21. The highest BCUT2D eigenvalue weighted by Crippen LogP contribution is 2.46. The molecule has 0 saturated heterocycles. The molecule has 0 aliphatic rings. The molecule has 8 aromatic rings. The van der Waals surface area contributed by atoms with Crippen molar-refractivity contribution in [2.75, 3.05) is 39.6 Å². The molecular formula is C56H60O6P2Si2. The maximum absolute atomic E-state index is 6.70. The standard InChI is InChI=1S/C56H60O6P2Si2/c1-7-57-65(58-8-2,59-9-3)53-37-25-35-49-47(53)39-41-51(63(43-27-17-13-18-28-43)44-29-19-14-20-30-44)55(49)56-50-36-26-38-54(66(60-10-4,61-11-5)62-12-6)48(50)40-42-52(56)64(45-31-21-15-22-32-45)46-33-23-16-24-34-46/h13-42H,7-12H2,1-6H3. The van der Waals surface area contributed by atoms with Gasteiger partial charge in [0.1, 0.15) is 0 Å². The summed E-state index contributed by atoms with van der Waals surface area (Å²) in [5, 5.41) is 13.8. The Morgan fingerprint density at radius 3 is 0.818 bits per heavy atom. The van der Waals surface area contributed by atoms with Gasteiger partial charge in [0.05, 0.1) is 0 Å². The van der Waals surface area contributed by atoms with Gasteiger partial charge >= 0.3 is 17.6 Å². The molecule has 8 aromatic carbocycles. The first-order chi connectivity index (χ1) is 32.5. The molecule has 8 rings (SSSR count). The van der Waals surface area contributed by atoms with Crippen LogP contribution in [-0.4, -0.2) is 57.3 Å². The summed E-state index contributed by atoms with van der Waals surface area (Å²) in [7, 11) is -9.06. The molecule has 0 amide bonds. The van der Waals surface area contributed by atoms with Crippen LogP contribution in [0.3, 0.4) is 0 Å². The third kappa shape index (κ3) is 9.56. The minimum Gasteiger partial charge on any atom is -0.370 e. The fraction of sp³-hybridized carbons (Fsp3) is 0.214. The molecule has 0 aromatic heterocycles. The smallest absolute Gasteiger partial charge is 0.370 e. The molecule has 0 bridgehead atoms. The van der Waals surface area contributed by atoms with Crippen LogP contribution in [0, 0.1) is 0 Å². The maximum Gasteiger partial charge on any atom is 0.537 e. The highest BCUT2D eigenvalue weighted by atomic mass is 31.1. The van der Waals surface area contributed by atoms with Gasteiger partial charge < -0.3 is 26.6 Å². The van der Waals surface area contributed by atoms with Crippen molar-refractivity contribution in [3.63, 3.8) is 0 Å². The van der Waals surface area contributed by atoms with Gasteiger partial charge in [-0.25, -0.2) is 0 Å². The van der Waals surface area contributed by atoms with Crippen LogP contribution in [0.2, 0.25) is 0 Å². The molecule has 0 aliphatic carbocycles. The van der Waals surface area contributed by atoms with Crippen LogP contribution in [0.15, 0.2) is 182 Å².